The molecule has 0 bridgehead atoms. The molecule has 2 aromatic carbocycles. The summed E-state index contributed by atoms with van der Waals surface area (Å²) in [5.74, 6) is 0. The van der Waals surface area contributed by atoms with Crippen LogP contribution in [-0.2, 0) is 10.0 Å². The highest BCUT2D eigenvalue weighted by Gasteiger charge is 2.16. The molecule has 0 aliphatic heterocycles. The van der Waals surface area contributed by atoms with E-state index in [0.717, 1.165) is 11.1 Å². The van der Waals surface area contributed by atoms with Gasteiger partial charge in [0, 0.05) is 0 Å². The number of hydrogen-bond donors (Lipinski definition) is 3. The molecule has 3 N–H and O–H groups in total. The largest absolute Gasteiger partial charge is 0.323 e. The molecule has 0 unspecified atom stereocenters. The van der Waals surface area contributed by atoms with Gasteiger partial charge in [-0.15, -0.1) is 0 Å². The molecule has 114 valence electrons. The minimum absolute atomic E-state index is 0.0937. The second-order valence-electron chi connectivity index (χ2n) is 5.21. The minimum Gasteiger partial charge on any atom is -0.306 e. The monoisotopic (exact) mass is 317 g/mol. The van der Waals surface area contributed by atoms with Crippen molar-refractivity contribution >= 4 is 26.7 Å². The molecule has 7 heteroatoms. The summed E-state index contributed by atoms with van der Waals surface area (Å²) in [6.07, 6.45) is 0. The highest BCUT2D eigenvalue weighted by molar-refractivity contribution is 7.92. The third-order valence-electron chi connectivity index (χ3n) is 3.44. The first kappa shape index (κ1) is 14.4. The van der Waals surface area contributed by atoms with E-state index in [4.69, 9.17) is 0 Å². The molecule has 0 radical (unpaired) electrons. The average Bonchev–Trinajstić information content (AvgIpc) is 2.81. The smallest absolute Gasteiger partial charge is 0.306 e. The van der Waals surface area contributed by atoms with Crippen molar-refractivity contribution < 1.29 is 8.42 Å². The standard InChI is InChI=1S/C15H15N3O3S/c1-9-3-4-10(2)13(7-9)18-22(20,21)11-5-6-12-14(8-11)17-15(19)16-12/h3-8,18H,1-2H3,(H2,16,17,19). The fourth-order valence-corrected chi connectivity index (χ4v) is 3.38. The van der Waals surface area contributed by atoms with Crippen LogP contribution in [0.25, 0.3) is 11.0 Å². The molecule has 22 heavy (non-hydrogen) atoms. The molecule has 3 rings (SSSR count). The van der Waals surface area contributed by atoms with Crippen LogP contribution >= 0.6 is 0 Å². The first-order valence-corrected chi connectivity index (χ1v) is 8.15. The number of aromatic amines is 2. The number of hydrogen-bond acceptors (Lipinski definition) is 3. The molecule has 0 saturated carbocycles. The van der Waals surface area contributed by atoms with E-state index in [9.17, 15) is 13.2 Å². The topological polar surface area (TPSA) is 94.8 Å². The number of imidazole rings is 1. The summed E-state index contributed by atoms with van der Waals surface area (Å²) in [6, 6.07) is 10.0. The second-order valence-corrected chi connectivity index (χ2v) is 6.89. The fourth-order valence-electron chi connectivity index (χ4n) is 2.23. The number of aryl methyl sites for hydroxylation is 2. The molecule has 0 saturated heterocycles. The average molecular weight is 317 g/mol. The number of fused-ring (bicyclic) bond motifs is 1. The molecule has 0 amide bonds. The number of sulfonamides is 1. The van der Waals surface area contributed by atoms with Crippen molar-refractivity contribution in [2.45, 2.75) is 18.7 Å². The second kappa shape index (κ2) is 5.03. The SMILES string of the molecule is Cc1ccc(C)c(NS(=O)(=O)c2ccc3[nH]c(=O)[nH]c3c2)c1. The Morgan fingerprint density at radius 3 is 2.45 bits per heavy atom. The van der Waals surface area contributed by atoms with E-state index in [1.54, 1.807) is 12.1 Å². The van der Waals surface area contributed by atoms with E-state index in [2.05, 4.69) is 14.7 Å². The molecular weight excluding hydrogens is 302 g/mol. The van der Waals surface area contributed by atoms with Crippen molar-refractivity contribution in [1.82, 2.24) is 9.97 Å². The van der Waals surface area contributed by atoms with Gasteiger partial charge in [-0.2, -0.15) is 0 Å². The zero-order chi connectivity index (χ0) is 15.9. The zero-order valence-electron chi connectivity index (χ0n) is 12.1. The first-order chi connectivity index (χ1) is 10.3. The molecule has 0 fully saturated rings. The first-order valence-electron chi connectivity index (χ1n) is 6.67. The lowest BCUT2D eigenvalue weighted by Gasteiger charge is -2.11. The summed E-state index contributed by atoms with van der Waals surface area (Å²) < 4.78 is 27.6. The quantitative estimate of drug-likeness (QED) is 0.691. The Bertz CT molecular complexity index is 1020. The van der Waals surface area contributed by atoms with Gasteiger partial charge in [-0.05, 0) is 49.2 Å². The van der Waals surface area contributed by atoms with Gasteiger partial charge in [0.2, 0.25) is 0 Å². The van der Waals surface area contributed by atoms with Crippen LogP contribution in [-0.4, -0.2) is 18.4 Å². The van der Waals surface area contributed by atoms with Crippen LogP contribution in [0.3, 0.4) is 0 Å². The Morgan fingerprint density at radius 1 is 0.955 bits per heavy atom. The summed E-state index contributed by atoms with van der Waals surface area (Å²) in [5.41, 5.74) is 3.00. The van der Waals surface area contributed by atoms with Gasteiger partial charge in [0.1, 0.15) is 0 Å². The highest BCUT2D eigenvalue weighted by atomic mass is 32.2. The van der Waals surface area contributed by atoms with Crippen LogP contribution in [0.2, 0.25) is 0 Å². The molecule has 1 heterocycles. The molecule has 0 aliphatic rings. The minimum atomic E-state index is -3.72. The van der Waals surface area contributed by atoms with Crippen LogP contribution in [0.5, 0.6) is 0 Å². The molecule has 0 atom stereocenters. The third-order valence-corrected chi connectivity index (χ3v) is 4.80. The van der Waals surface area contributed by atoms with E-state index < -0.39 is 10.0 Å². The molecular formula is C15H15N3O3S. The Kier molecular flexibility index (Phi) is 3.29. The van der Waals surface area contributed by atoms with Crippen molar-refractivity contribution in [2.75, 3.05) is 4.72 Å². The van der Waals surface area contributed by atoms with Crippen molar-refractivity contribution in [3.8, 4) is 0 Å². The molecule has 1 aromatic heterocycles. The Morgan fingerprint density at radius 2 is 1.68 bits per heavy atom. The van der Waals surface area contributed by atoms with Crippen molar-refractivity contribution in [3.05, 3.63) is 58.0 Å². The van der Waals surface area contributed by atoms with Gasteiger partial charge in [0.05, 0.1) is 21.6 Å². The number of H-pyrrole nitrogens is 2. The van der Waals surface area contributed by atoms with Crippen molar-refractivity contribution in [3.63, 3.8) is 0 Å². The van der Waals surface area contributed by atoms with E-state index in [0.29, 0.717) is 16.7 Å². The molecule has 3 aromatic rings. The van der Waals surface area contributed by atoms with E-state index in [1.165, 1.54) is 12.1 Å². The van der Waals surface area contributed by atoms with Gasteiger partial charge in [0.15, 0.2) is 0 Å². The van der Waals surface area contributed by atoms with Gasteiger partial charge in [-0.1, -0.05) is 12.1 Å². The predicted octanol–water partition coefficient (Wildman–Crippen LogP) is 2.27. The maximum Gasteiger partial charge on any atom is 0.323 e. The van der Waals surface area contributed by atoms with Crippen LogP contribution in [0, 0.1) is 13.8 Å². The Balaban J connectivity index is 2.03. The normalized spacial score (nSPS) is 11.7. The Labute approximate surface area is 127 Å². The van der Waals surface area contributed by atoms with Gasteiger partial charge in [0.25, 0.3) is 10.0 Å². The lowest BCUT2D eigenvalue weighted by atomic mass is 10.1. The number of anilines is 1. The summed E-state index contributed by atoms with van der Waals surface area (Å²) >= 11 is 0. The maximum absolute atomic E-state index is 12.5. The number of nitrogens with one attached hydrogen (secondary N) is 3. The molecule has 0 aliphatic carbocycles. The summed E-state index contributed by atoms with van der Waals surface area (Å²) in [6.45, 7) is 3.73. The van der Waals surface area contributed by atoms with E-state index >= 15 is 0 Å². The Hall–Kier alpha value is -2.54. The number of benzene rings is 2. The molecule has 0 spiro atoms. The third kappa shape index (κ3) is 2.62. The maximum atomic E-state index is 12.5. The zero-order valence-corrected chi connectivity index (χ0v) is 12.9. The number of rotatable bonds is 3. The van der Waals surface area contributed by atoms with E-state index in [-0.39, 0.29) is 10.6 Å². The van der Waals surface area contributed by atoms with Gasteiger partial charge >= 0.3 is 5.69 Å². The summed E-state index contributed by atoms with van der Waals surface area (Å²) in [7, 11) is -3.72. The van der Waals surface area contributed by atoms with Crippen LogP contribution in [0.1, 0.15) is 11.1 Å². The lowest BCUT2D eigenvalue weighted by molar-refractivity contribution is 0.601. The van der Waals surface area contributed by atoms with Gasteiger partial charge < -0.3 is 9.97 Å². The van der Waals surface area contributed by atoms with Crippen molar-refractivity contribution in [2.24, 2.45) is 0 Å². The lowest BCUT2D eigenvalue weighted by Crippen LogP contribution is -2.13. The molecule has 6 nitrogen and oxygen atoms in total. The number of aromatic nitrogens is 2. The summed E-state index contributed by atoms with van der Waals surface area (Å²) in [5, 5.41) is 0. The fraction of sp³-hybridized carbons (Fsp3) is 0.133. The highest BCUT2D eigenvalue weighted by Crippen LogP contribution is 2.22. The van der Waals surface area contributed by atoms with Gasteiger partial charge in [-0.25, -0.2) is 13.2 Å². The van der Waals surface area contributed by atoms with Gasteiger partial charge in [-0.3, -0.25) is 4.72 Å². The van der Waals surface area contributed by atoms with Crippen LogP contribution in [0.4, 0.5) is 5.69 Å². The van der Waals surface area contributed by atoms with Crippen LogP contribution < -0.4 is 10.4 Å². The predicted molar refractivity (Wildman–Crippen MR) is 85.6 cm³/mol. The summed E-state index contributed by atoms with van der Waals surface area (Å²) in [4.78, 5) is 16.5. The van der Waals surface area contributed by atoms with E-state index in [1.807, 2.05) is 26.0 Å². The van der Waals surface area contributed by atoms with Crippen molar-refractivity contribution in [1.29, 1.82) is 0 Å². The van der Waals surface area contributed by atoms with Crippen LogP contribution in [0.15, 0.2) is 46.1 Å².